The molecule has 0 aliphatic carbocycles. The third kappa shape index (κ3) is 1.99. The molecule has 4 rings (SSSR count). The van der Waals surface area contributed by atoms with Gasteiger partial charge in [-0.1, -0.05) is 35.9 Å². The van der Waals surface area contributed by atoms with Gasteiger partial charge in [0.05, 0.1) is 11.2 Å². The van der Waals surface area contributed by atoms with Gasteiger partial charge in [0.1, 0.15) is 5.65 Å². The molecule has 5 nitrogen and oxygen atoms in total. The molecule has 0 atom stereocenters. The van der Waals surface area contributed by atoms with Gasteiger partial charge in [-0.3, -0.25) is 9.83 Å². The molecule has 108 valence electrons. The molecule has 0 aliphatic heterocycles. The van der Waals surface area contributed by atoms with Gasteiger partial charge in [-0.25, -0.2) is 15.8 Å². The first-order valence-electron chi connectivity index (χ1n) is 6.76. The molecule has 0 saturated heterocycles. The summed E-state index contributed by atoms with van der Waals surface area (Å²) < 4.78 is 1.85. The van der Waals surface area contributed by atoms with Crippen molar-refractivity contribution in [3.8, 4) is 11.3 Å². The summed E-state index contributed by atoms with van der Waals surface area (Å²) in [6.07, 6.45) is 1.91. The summed E-state index contributed by atoms with van der Waals surface area (Å²) in [6.45, 7) is 0. The molecule has 3 N–H and O–H groups in total. The monoisotopic (exact) mass is 309 g/mol. The minimum Gasteiger partial charge on any atom is -0.293 e. The number of aromatic nitrogens is 3. The Hall–Kier alpha value is -2.63. The van der Waals surface area contributed by atoms with E-state index in [1.165, 1.54) is 0 Å². The lowest BCUT2D eigenvalue weighted by Gasteiger charge is -2.05. The summed E-state index contributed by atoms with van der Waals surface area (Å²) in [5.41, 5.74) is 6.10. The average molecular weight is 310 g/mol. The lowest BCUT2D eigenvalue weighted by Crippen LogP contribution is -2.12. The first-order valence-corrected chi connectivity index (χ1v) is 7.14. The van der Waals surface area contributed by atoms with Gasteiger partial charge < -0.3 is 0 Å². The Labute approximate surface area is 131 Å². The number of anilines is 1. The lowest BCUT2D eigenvalue weighted by molar-refractivity contribution is 1.08. The summed E-state index contributed by atoms with van der Waals surface area (Å²) in [5, 5.41) is 1.67. The highest BCUT2D eigenvalue weighted by Gasteiger charge is 2.12. The second-order valence-electron chi connectivity index (χ2n) is 4.92. The number of nitrogens with one attached hydrogen (secondary N) is 1. The van der Waals surface area contributed by atoms with Gasteiger partial charge in [-0.05, 0) is 24.3 Å². The van der Waals surface area contributed by atoms with Gasteiger partial charge >= 0.3 is 0 Å². The zero-order valence-electron chi connectivity index (χ0n) is 11.5. The molecule has 6 heteroatoms. The predicted octanol–water partition coefficient (Wildman–Crippen LogP) is 3.49. The Bertz CT molecular complexity index is 975. The average Bonchev–Trinajstić information content (AvgIpc) is 3.00. The molecular formula is C16H12ClN5. The van der Waals surface area contributed by atoms with Crippen LogP contribution in [0.25, 0.3) is 27.8 Å². The number of fused-ring (bicyclic) bond motifs is 3. The maximum absolute atomic E-state index is 5.94. The van der Waals surface area contributed by atoms with Gasteiger partial charge in [0.2, 0.25) is 5.95 Å². The van der Waals surface area contributed by atoms with E-state index in [0.717, 1.165) is 27.8 Å². The molecule has 4 aromatic rings. The topological polar surface area (TPSA) is 68.2 Å². The molecule has 0 bridgehead atoms. The van der Waals surface area contributed by atoms with Crippen LogP contribution in [0.4, 0.5) is 5.95 Å². The summed E-state index contributed by atoms with van der Waals surface area (Å²) in [6, 6.07) is 15.4. The van der Waals surface area contributed by atoms with Gasteiger partial charge in [-0.2, -0.15) is 0 Å². The van der Waals surface area contributed by atoms with Crippen LogP contribution in [0.15, 0.2) is 54.7 Å². The van der Waals surface area contributed by atoms with E-state index >= 15 is 0 Å². The Morgan fingerprint density at radius 2 is 1.77 bits per heavy atom. The largest absolute Gasteiger partial charge is 0.293 e. The van der Waals surface area contributed by atoms with Crippen molar-refractivity contribution in [1.82, 2.24) is 14.4 Å². The van der Waals surface area contributed by atoms with Gasteiger partial charge in [0.15, 0.2) is 0 Å². The van der Waals surface area contributed by atoms with E-state index in [9.17, 15) is 0 Å². The minimum atomic E-state index is 0.543. The molecule has 2 heterocycles. The highest BCUT2D eigenvalue weighted by atomic mass is 35.5. The van der Waals surface area contributed by atoms with E-state index in [-0.39, 0.29) is 0 Å². The van der Waals surface area contributed by atoms with E-state index in [0.29, 0.717) is 11.0 Å². The highest BCUT2D eigenvalue weighted by Crippen LogP contribution is 2.26. The van der Waals surface area contributed by atoms with Crippen LogP contribution >= 0.6 is 11.6 Å². The van der Waals surface area contributed by atoms with Crippen LogP contribution in [0.2, 0.25) is 5.02 Å². The van der Waals surface area contributed by atoms with Crippen molar-refractivity contribution in [2.45, 2.75) is 0 Å². The molecule has 0 saturated carbocycles. The van der Waals surface area contributed by atoms with Crippen LogP contribution < -0.4 is 11.3 Å². The fourth-order valence-electron chi connectivity index (χ4n) is 2.52. The third-order valence-electron chi connectivity index (χ3n) is 3.57. The zero-order valence-corrected chi connectivity index (χ0v) is 12.2. The highest BCUT2D eigenvalue weighted by molar-refractivity contribution is 6.30. The molecule has 0 spiro atoms. The van der Waals surface area contributed by atoms with E-state index < -0.39 is 0 Å². The molecule has 0 fully saturated rings. The van der Waals surface area contributed by atoms with Crippen LogP contribution in [0.1, 0.15) is 0 Å². The number of hydrazine groups is 1. The lowest BCUT2D eigenvalue weighted by atomic mass is 10.2. The van der Waals surface area contributed by atoms with Crippen molar-refractivity contribution in [3.63, 3.8) is 0 Å². The number of nitrogens with two attached hydrogens (primary N) is 1. The fraction of sp³-hybridized carbons (Fsp3) is 0. The quantitative estimate of drug-likeness (QED) is 0.439. The molecular weight excluding hydrogens is 298 g/mol. The van der Waals surface area contributed by atoms with Crippen LogP contribution in [0.3, 0.4) is 0 Å². The van der Waals surface area contributed by atoms with Crippen molar-refractivity contribution in [2.24, 2.45) is 5.84 Å². The Morgan fingerprint density at radius 1 is 1.00 bits per heavy atom. The smallest absolute Gasteiger partial charge is 0.223 e. The number of halogens is 1. The SMILES string of the molecule is NNc1nc2ccccc2c2nc(-c3ccc(Cl)cc3)cn12. The van der Waals surface area contributed by atoms with E-state index in [2.05, 4.69) is 10.4 Å². The Morgan fingerprint density at radius 3 is 2.55 bits per heavy atom. The molecule has 2 aromatic carbocycles. The normalized spacial score (nSPS) is 11.2. The number of nitrogen functional groups attached to an aromatic ring is 1. The number of benzene rings is 2. The second kappa shape index (κ2) is 4.98. The second-order valence-corrected chi connectivity index (χ2v) is 5.36. The van der Waals surface area contributed by atoms with E-state index in [1.807, 2.05) is 59.1 Å². The summed E-state index contributed by atoms with van der Waals surface area (Å²) in [7, 11) is 0. The number of imidazole rings is 1. The summed E-state index contributed by atoms with van der Waals surface area (Å²) in [4.78, 5) is 9.24. The number of nitrogens with zero attached hydrogens (tertiary/aromatic N) is 3. The summed E-state index contributed by atoms with van der Waals surface area (Å²) >= 11 is 5.94. The molecule has 0 aliphatic rings. The van der Waals surface area contributed by atoms with Gasteiger partial charge in [-0.15, -0.1) is 0 Å². The number of hydrogen-bond donors (Lipinski definition) is 2. The Balaban J connectivity index is 2.03. The van der Waals surface area contributed by atoms with Crippen molar-refractivity contribution >= 4 is 34.1 Å². The van der Waals surface area contributed by atoms with E-state index in [4.69, 9.17) is 22.4 Å². The zero-order chi connectivity index (χ0) is 15.1. The van der Waals surface area contributed by atoms with Crippen LogP contribution in [-0.4, -0.2) is 14.4 Å². The van der Waals surface area contributed by atoms with Crippen LogP contribution in [0, 0.1) is 0 Å². The molecule has 0 amide bonds. The molecule has 22 heavy (non-hydrogen) atoms. The molecule has 0 unspecified atom stereocenters. The minimum absolute atomic E-state index is 0.543. The number of para-hydroxylation sites is 1. The van der Waals surface area contributed by atoms with Gasteiger partial charge in [0.25, 0.3) is 0 Å². The van der Waals surface area contributed by atoms with Crippen LogP contribution in [-0.2, 0) is 0 Å². The maximum atomic E-state index is 5.94. The van der Waals surface area contributed by atoms with Crippen molar-refractivity contribution in [2.75, 3.05) is 5.43 Å². The molecule has 0 radical (unpaired) electrons. The molecule has 2 aromatic heterocycles. The first-order chi connectivity index (χ1) is 10.8. The van der Waals surface area contributed by atoms with Crippen molar-refractivity contribution < 1.29 is 0 Å². The van der Waals surface area contributed by atoms with Gasteiger partial charge in [0, 0.05) is 22.2 Å². The van der Waals surface area contributed by atoms with Crippen LogP contribution in [0.5, 0.6) is 0 Å². The Kier molecular flexibility index (Phi) is 2.96. The third-order valence-corrected chi connectivity index (χ3v) is 3.83. The summed E-state index contributed by atoms with van der Waals surface area (Å²) in [5.74, 6) is 6.14. The fourth-order valence-corrected chi connectivity index (χ4v) is 2.65. The predicted molar refractivity (Wildman–Crippen MR) is 88.7 cm³/mol. The van der Waals surface area contributed by atoms with Crippen molar-refractivity contribution in [1.29, 1.82) is 0 Å². The number of rotatable bonds is 2. The standard InChI is InChI=1S/C16H12ClN5/c17-11-7-5-10(6-8-11)14-9-22-15(19-14)12-3-1-2-4-13(12)20-16(22)21-18/h1-9H,18H2,(H,20,21). The number of hydrogen-bond acceptors (Lipinski definition) is 4. The van der Waals surface area contributed by atoms with Crippen molar-refractivity contribution in [3.05, 3.63) is 59.8 Å². The van der Waals surface area contributed by atoms with E-state index in [1.54, 1.807) is 0 Å². The maximum Gasteiger partial charge on any atom is 0.223 e. The first kappa shape index (κ1) is 13.1.